The minimum absolute atomic E-state index is 0.567. The van der Waals surface area contributed by atoms with Crippen LogP contribution in [0.15, 0.2) is 53.0 Å². The predicted octanol–water partition coefficient (Wildman–Crippen LogP) is 3.55. The van der Waals surface area contributed by atoms with Crippen molar-refractivity contribution >= 4 is 33.3 Å². The molecular weight excluding hydrogens is 306 g/mol. The minimum Gasteiger partial charge on any atom is -0.381 e. The molecule has 0 radical (unpaired) electrons. The molecule has 0 spiro atoms. The zero-order valence-electron chi connectivity index (χ0n) is 10.2. The third kappa shape index (κ3) is 3.99. The maximum Gasteiger partial charge on any atom is 0.316 e. The van der Waals surface area contributed by atoms with E-state index in [4.69, 9.17) is 5.73 Å². The summed E-state index contributed by atoms with van der Waals surface area (Å²) in [5.74, 6) is 0. The number of benzene rings is 2. The molecule has 0 aliphatic rings. The lowest BCUT2D eigenvalue weighted by Crippen LogP contribution is -2.19. The zero-order valence-corrected chi connectivity index (χ0v) is 11.8. The minimum atomic E-state index is -0.567. The lowest BCUT2D eigenvalue weighted by atomic mass is 10.2. The Kier molecular flexibility index (Phi) is 4.41. The Morgan fingerprint density at radius 1 is 1.11 bits per heavy atom. The smallest absolute Gasteiger partial charge is 0.316 e. The van der Waals surface area contributed by atoms with Crippen LogP contribution in [-0.4, -0.2) is 6.03 Å². The number of rotatable bonds is 4. The number of anilines is 2. The second-order valence-corrected chi connectivity index (χ2v) is 4.87. The fourth-order valence-corrected chi connectivity index (χ4v) is 2.11. The van der Waals surface area contributed by atoms with E-state index in [1.165, 1.54) is 0 Å². The van der Waals surface area contributed by atoms with E-state index in [-0.39, 0.29) is 0 Å². The van der Waals surface area contributed by atoms with Crippen molar-refractivity contribution < 1.29 is 4.79 Å². The van der Waals surface area contributed by atoms with E-state index in [1.807, 2.05) is 42.5 Å². The number of hydrogen-bond donors (Lipinski definition) is 3. The second kappa shape index (κ2) is 6.24. The van der Waals surface area contributed by atoms with Gasteiger partial charge in [-0.15, -0.1) is 0 Å². The molecular formula is C14H14BrN3O. The van der Waals surface area contributed by atoms with Crippen LogP contribution in [0.3, 0.4) is 0 Å². The fraction of sp³-hybridized carbons (Fsp3) is 0.0714. The number of carbonyl (C=O) groups is 1. The maximum absolute atomic E-state index is 10.8. The van der Waals surface area contributed by atoms with Gasteiger partial charge in [0.25, 0.3) is 0 Å². The zero-order chi connectivity index (χ0) is 13.7. The predicted molar refractivity (Wildman–Crippen MR) is 81.1 cm³/mol. The molecule has 2 aromatic carbocycles. The van der Waals surface area contributed by atoms with Crippen LogP contribution in [0.2, 0.25) is 0 Å². The first-order valence-corrected chi connectivity index (χ1v) is 6.58. The van der Waals surface area contributed by atoms with Gasteiger partial charge in [0.05, 0.1) is 0 Å². The van der Waals surface area contributed by atoms with Crippen molar-refractivity contribution in [2.75, 3.05) is 10.6 Å². The second-order valence-electron chi connectivity index (χ2n) is 4.02. The van der Waals surface area contributed by atoms with Gasteiger partial charge in [-0.25, -0.2) is 4.79 Å². The molecule has 5 heteroatoms. The molecule has 19 heavy (non-hydrogen) atoms. The maximum atomic E-state index is 10.8. The lowest BCUT2D eigenvalue weighted by Gasteiger charge is -2.09. The Balaban J connectivity index is 2.03. The molecule has 4 nitrogen and oxygen atoms in total. The number of hydrogen-bond acceptors (Lipinski definition) is 2. The molecule has 4 N–H and O–H groups in total. The highest BCUT2D eigenvalue weighted by molar-refractivity contribution is 9.10. The van der Waals surface area contributed by atoms with Crippen LogP contribution in [0, 0.1) is 0 Å². The molecule has 0 heterocycles. The summed E-state index contributed by atoms with van der Waals surface area (Å²) >= 11 is 3.50. The molecule has 0 atom stereocenters. The third-order valence-corrected chi connectivity index (χ3v) is 3.34. The Labute approximate surface area is 120 Å². The van der Waals surface area contributed by atoms with Gasteiger partial charge in [-0.1, -0.05) is 40.2 Å². The molecule has 2 rings (SSSR count). The lowest BCUT2D eigenvalue weighted by molar-refractivity contribution is 0.259. The number of halogens is 1. The van der Waals surface area contributed by atoms with E-state index in [0.29, 0.717) is 12.2 Å². The van der Waals surface area contributed by atoms with Crippen LogP contribution < -0.4 is 16.4 Å². The standard InChI is InChI=1S/C14H14BrN3O/c15-13-7-2-1-4-10(13)9-17-11-5-3-6-12(8-11)18-14(16)19/h1-8,17H,9H2,(H3,16,18,19). The van der Waals surface area contributed by atoms with Crippen LogP contribution >= 0.6 is 15.9 Å². The summed E-state index contributed by atoms with van der Waals surface area (Å²) in [7, 11) is 0. The van der Waals surface area contributed by atoms with Gasteiger partial charge in [0.15, 0.2) is 0 Å². The summed E-state index contributed by atoms with van der Waals surface area (Å²) < 4.78 is 1.06. The normalized spacial score (nSPS) is 9.95. The van der Waals surface area contributed by atoms with E-state index in [9.17, 15) is 4.79 Å². The number of primary amides is 1. The first-order valence-electron chi connectivity index (χ1n) is 5.79. The molecule has 0 aliphatic heterocycles. The van der Waals surface area contributed by atoms with Crippen LogP contribution in [0.25, 0.3) is 0 Å². The van der Waals surface area contributed by atoms with Crippen LogP contribution in [0.5, 0.6) is 0 Å². The highest BCUT2D eigenvalue weighted by Gasteiger charge is 2.00. The molecule has 0 saturated carbocycles. The van der Waals surface area contributed by atoms with Gasteiger partial charge >= 0.3 is 6.03 Å². The highest BCUT2D eigenvalue weighted by Crippen LogP contribution is 2.19. The summed E-state index contributed by atoms with van der Waals surface area (Å²) in [5, 5.41) is 5.84. The van der Waals surface area contributed by atoms with Crippen LogP contribution in [-0.2, 0) is 6.54 Å². The van der Waals surface area contributed by atoms with Crippen molar-refractivity contribution in [3.8, 4) is 0 Å². The van der Waals surface area contributed by atoms with Gasteiger partial charge in [-0.05, 0) is 29.8 Å². The SMILES string of the molecule is NC(=O)Nc1cccc(NCc2ccccc2Br)c1. The Hall–Kier alpha value is -2.01. The summed E-state index contributed by atoms with van der Waals surface area (Å²) in [6.45, 7) is 0.696. The van der Waals surface area contributed by atoms with Gasteiger partial charge in [0.2, 0.25) is 0 Å². The summed E-state index contributed by atoms with van der Waals surface area (Å²) in [6, 6.07) is 14.9. The molecule has 0 bridgehead atoms. The number of nitrogens with one attached hydrogen (secondary N) is 2. The van der Waals surface area contributed by atoms with E-state index in [0.717, 1.165) is 15.7 Å². The molecule has 98 valence electrons. The van der Waals surface area contributed by atoms with E-state index in [1.54, 1.807) is 6.07 Å². The van der Waals surface area contributed by atoms with Gasteiger partial charge in [0, 0.05) is 22.4 Å². The number of urea groups is 1. The van der Waals surface area contributed by atoms with Crippen molar-refractivity contribution in [3.05, 3.63) is 58.6 Å². The van der Waals surface area contributed by atoms with E-state index < -0.39 is 6.03 Å². The van der Waals surface area contributed by atoms with E-state index in [2.05, 4.69) is 26.6 Å². The van der Waals surface area contributed by atoms with Gasteiger partial charge < -0.3 is 16.4 Å². The quantitative estimate of drug-likeness (QED) is 0.806. The van der Waals surface area contributed by atoms with Crippen molar-refractivity contribution in [2.45, 2.75) is 6.54 Å². The molecule has 2 amide bonds. The Bertz CT molecular complexity index is 586. The van der Waals surface area contributed by atoms with Gasteiger partial charge in [0.1, 0.15) is 0 Å². The third-order valence-electron chi connectivity index (χ3n) is 2.57. The van der Waals surface area contributed by atoms with Gasteiger partial charge in [-0.3, -0.25) is 0 Å². The summed E-state index contributed by atoms with van der Waals surface area (Å²) in [5.41, 5.74) is 7.83. The van der Waals surface area contributed by atoms with Crippen LogP contribution in [0.4, 0.5) is 16.2 Å². The van der Waals surface area contributed by atoms with Crippen molar-refractivity contribution in [1.29, 1.82) is 0 Å². The topological polar surface area (TPSA) is 67.2 Å². The summed E-state index contributed by atoms with van der Waals surface area (Å²) in [4.78, 5) is 10.8. The fourth-order valence-electron chi connectivity index (χ4n) is 1.69. The van der Waals surface area contributed by atoms with Crippen molar-refractivity contribution in [3.63, 3.8) is 0 Å². The van der Waals surface area contributed by atoms with Crippen molar-refractivity contribution in [2.24, 2.45) is 5.73 Å². The molecule has 2 aromatic rings. The van der Waals surface area contributed by atoms with Crippen molar-refractivity contribution in [1.82, 2.24) is 0 Å². The molecule has 0 unspecified atom stereocenters. The average Bonchev–Trinajstić information content (AvgIpc) is 2.37. The van der Waals surface area contributed by atoms with Crippen LogP contribution in [0.1, 0.15) is 5.56 Å². The van der Waals surface area contributed by atoms with E-state index >= 15 is 0 Å². The first-order chi connectivity index (χ1) is 9.15. The number of amides is 2. The first kappa shape index (κ1) is 13.4. The molecule has 0 aromatic heterocycles. The monoisotopic (exact) mass is 319 g/mol. The average molecular weight is 320 g/mol. The molecule has 0 saturated heterocycles. The Morgan fingerprint density at radius 3 is 2.58 bits per heavy atom. The highest BCUT2D eigenvalue weighted by atomic mass is 79.9. The number of carbonyl (C=O) groups excluding carboxylic acids is 1. The summed E-state index contributed by atoms with van der Waals surface area (Å²) in [6.07, 6.45) is 0. The molecule has 0 fully saturated rings. The van der Waals surface area contributed by atoms with Gasteiger partial charge in [-0.2, -0.15) is 0 Å². The Morgan fingerprint density at radius 2 is 1.84 bits per heavy atom. The largest absolute Gasteiger partial charge is 0.381 e. The number of nitrogens with two attached hydrogens (primary N) is 1. The molecule has 0 aliphatic carbocycles.